The first-order valence-corrected chi connectivity index (χ1v) is 8.79. The highest BCUT2D eigenvalue weighted by Gasteiger charge is 2.25. The fraction of sp³-hybridized carbons (Fsp3) is 0.412. The molecular weight excluding hydrogens is 383 g/mol. The van der Waals surface area contributed by atoms with E-state index in [4.69, 9.17) is 23.2 Å². The van der Waals surface area contributed by atoms with Crippen molar-refractivity contribution in [2.24, 2.45) is 5.92 Å². The summed E-state index contributed by atoms with van der Waals surface area (Å²) >= 11 is 12.0. The van der Waals surface area contributed by atoms with E-state index < -0.39 is 0 Å². The van der Waals surface area contributed by atoms with E-state index in [9.17, 15) is 4.79 Å². The number of amides is 1. The molecule has 0 radical (unpaired) electrons. The molecule has 1 aliphatic heterocycles. The van der Waals surface area contributed by atoms with E-state index in [1.54, 1.807) is 29.1 Å². The first-order chi connectivity index (χ1) is 11.6. The van der Waals surface area contributed by atoms with E-state index in [-0.39, 0.29) is 18.3 Å². The number of nitrogens with one attached hydrogen (secondary N) is 1. The summed E-state index contributed by atoms with van der Waals surface area (Å²) in [5.74, 6) is 0.486. The fourth-order valence-electron chi connectivity index (χ4n) is 3.08. The van der Waals surface area contributed by atoms with Crippen LogP contribution in [-0.4, -0.2) is 47.3 Å². The van der Waals surface area contributed by atoms with Crippen molar-refractivity contribution in [3.63, 3.8) is 0 Å². The predicted octanol–water partition coefficient (Wildman–Crippen LogP) is 3.67. The molecule has 1 unspecified atom stereocenters. The first-order valence-electron chi connectivity index (χ1n) is 8.03. The Labute approximate surface area is 163 Å². The Morgan fingerprint density at radius 3 is 2.84 bits per heavy atom. The molecule has 8 heteroatoms. The van der Waals surface area contributed by atoms with Gasteiger partial charge in [-0.25, -0.2) is 4.68 Å². The number of benzene rings is 1. The largest absolute Gasteiger partial charge is 0.337 e. The molecule has 1 aromatic heterocycles. The van der Waals surface area contributed by atoms with E-state index in [0.29, 0.717) is 21.7 Å². The van der Waals surface area contributed by atoms with Crippen LogP contribution in [0.25, 0.3) is 5.69 Å². The highest BCUT2D eigenvalue weighted by molar-refractivity contribution is 6.42. The van der Waals surface area contributed by atoms with Crippen LogP contribution in [0.4, 0.5) is 0 Å². The summed E-state index contributed by atoms with van der Waals surface area (Å²) in [5, 5.41) is 8.55. The minimum absolute atomic E-state index is 0. The molecule has 0 bridgehead atoms. The molecule has 1 aromatic carbocycles. The summed E-state index contributed by atoms with van der Waals surface area (Å²) in [6, 6.07) is 7.01. The molecule has 0 spiro atoms. The third kappa shape index (κ3) is 4.67. The zero-order valence-electron chi connectivity index (χ0n) is 13.9. The van der Waals surface area contributed by atoms with Gasteiger partial charge in [-0.05, 0) is 56.6 Å². The van der Waals surface area contributed by atoms with Crippen LogP contribution in [0.15, 0.2) is 30.5 Å². The van der Waals surface area contributed by atoms with Gasteiger partial charge in [-0.2, -0.15) is 5.10 Å². The molecule has 2 heterocycles. The molecule has 1 N–H and O–H groups in total. The van der Waals surface area contributed by atoms with Crippen molar-refractivity contribution in [2.75, 3.05) is 26.7 Å². The van der Waals surface area contributed by atoms with Gasteiger partial charge in [-0.1, -0.05) is 23.2 Å². The van der Waals surface area contributed by atoms with Crippen LogP contribution in [0.2, 0.25) is 10.0 Å². The molecule has 136 valence electrons. The molecule has 0 aliphatic carbocycles. The topological polar surface area (TPSA) is 50.2 Å². The van der Waals surface area contributed by atoms with Crippen molar-refractivity contribution in [1.82, 2.24) is 20.0 Å². The SMILES string of the molecule is CNCC1CCCN(C(=O)c2ccn(-c3ccc(Cl)c(Cl)c3)n2)C1.Cl. The molecule has 3 rings (SSSR count). The lowest BCUT2D eigenvalue weighted by Crippen LogP contribution is -2.42. The van der Waals surface area contributed by atoms with Gasteiger partial charge in [0.2, 0.25) is 0 Å². The lowest BCUT2D eigenvalue weighted by molar-refractivity contribution is 0.0668. The molecule has 1 fully saturated rings. The Morgan fingerprint density at radius 2 is 2.12 bits per heavy atom. The second-order valence-corrected chi connectivity index (χ2v) is 6.88. The molecule has 0 saturated carbocycles. The maximum Gasteiger partial charge on any atom is 0.274 e. The smallest absolute Gasteiger partial charge is 0.274 e. The summed E-state index contributed by atoms with van der Waals surface area (Å²) in [5.41, 5.74) is 1.22. The zero-order chi connectivity index (χ0) is 17.1. The highest BCUT2D eigenvalue weighted by Crippen LogP contribution is 2.24. The lowest BCUT2D eigenvalue weighted by Gasteiger charge is -2.32. The zero-order valence-corrected chi connectivity index (χ0v) is 16.2. The Morgan fingerprint density at radius 1 is 1.32 bits per heavy atom. The third-order valence-electron chi connectivity index (χ3n) is 4.27. The maximum absolute atomic E-state index is 12.7. The third-order valence-corrected chi connectivity index (χ3v) is 5.01. The number of hydrogen-bond acceptors (Lipinski definition) is 3. The number of hydrogen-bond donors (Lipinski definition) is 1. The van der Waals surface area contributed by atoms with Crippen LogP contribution < -0.4 is 5.32 Å². The first kappa shape index (κ1) is 20.0. The number of piperidine rings is 1. The van der Waals surface area contributed by atoms with Gasteiger partial charge in [-0.15, -0.1) is 12.4 Å². The fourth-order valence-corrected chi connectivity index (χ4v) is 3.37. The predicted molar refractivity (Wildman–Crippen MR) is 103 cm³/mol. The van der Waals surface area contributed by atoms with Crippen molar-refractivity contribution in [2.45, 2.75) is 12.8 Å². The summed E-state index contributed by atoms with van der Waals surface area (Å²) < 4.78 is 1.64. The molecule has 1 aliphatic rings. The number of aromatic nitrogens is 2. The minimum Gasteiger partial charge on any atom is -0.337 e. The Balaban J connectivity index is 0.00000225. The van der Waals surface area contributed by atoms with Crippen LogP contribution in [0.5, 0.6) is 0 Å². The second-order valence-electron chi connectivity index (χ2n) is 6.06. The van der Waals surface area contributed by atoms with Crippen molar-refractivity contribution < 1.29 is 4.79 Å². The average Bonchev–Trinajstić information content (AvgIpc) is 3.07. The number of nitrogens with zero attached hydrogens (tertiary/aromatic N) is 3. The summed E-state index contributed by atoms with van der Waals surface area (Å²) in [6.45, 7) is 2.50. The standard InChI is InChI=1S/C17H20Cl2N4O.ClH/c1-20-10-12-3-2-7-22(11-12)17(24)16-6-8-23(21-16)13-4-5-14(18)15(19)9-13;/h4-6,8-9,12,20H,2-3,7,10-11H2,1H3;1H. The molecule has 5 nitrogen and oxygen atoms in total. The number of rotatable bonds is 4. The Bertz CT molecular complexity index is 732. The number of halogens is 3. The van der Waals surface area contributed by atoms with Gasteiger partial charge in [0.15, 0.2) is 5.69 Å². The summed E-state index contributed by atoms with van der Waals surface area (Å²) in [4.78, 5) is 14.6. The van der Waals surface area contributed by atoms with Crippen molar-refractivity contribution >= 4 is 41.5 Å². The molecule has 1 atom stereocenters. The summed E-state index contributed by atoms with van der Waals surface area (Å²) in [7, 11) is 1.94. The molecule has 1 saturated heterocycles. The van der Waals surface area contributed by atoms with Gasteiger partial charge >= 0.3 is 0 Å². The van der Waals surface area contributed by atoms with Gasteiger partial charge in [0, 0.05) is 19.3 Å². The molecular formula is C17H21Cl3N4O. The molecule has 2 aromatic rings. The summed E-state index contributed by atoms with van der Waals surface area (Å²) in [6.07, 6.45) is 3.95. The number of likely N-dealkylation sites (tertiary alicyclic amines) is 1. The van der Waals surface area contributed by atoms with Crippen LogP contribution in [0.1, 0.15) is 23.3 Å². The second kappa shape index (κ2) is 8.90. The Kier molecular flexibility index (Phi) is 7.14. The van der Waals surface area contributed by atoms with Gasteiger partial charge in [0.05, 0.1) is 15.7 Å². The van der Waals surface area contributed by atoms with Crippen molar-refractivity contribution in [3.8, 4) is 5.69 Å². The molecule has 25 heavy (non-hydrogen) atoms. The normalized spacial score (nSPS) is 17.2. The average molecular weight is 404 g/mol. The molecule has 1 amide bonds. The Hall–Kier alpha value is -1.27. The van der Waals surface area contributed by atoms with Gasteiger partial charge in [0.25, 0.3) is 5.91 Å². The van der Waals surface area contributed by atoms with E-state index >= 15 is 0 Å². The van der Waals surface area contributed by atoms with Crippen LogP contribution in [0, 0.1) is 5.92 Å². The van der Waals surface area contributed by atoms with Crippen LogP contribution in [-0.2, 0) is 0 Å². The monoisotopic (exact) mass is 402 g/mol. The van der Waals surface area contributed by atoms with Crippen LogP contribution >= 0.6 is 35.6 Å². The lowest BCUT2D eigenvalue weighted by atomic mass is 9.98. The van der Waals surface area contributed by atoms with Crippen molar-refractivity contribution in [3.05, 3.63) is 46.2 Å². The van der Waals surface area contributed by atoms with E-state index in [1.165, 1.54) is 0 Å². The van der Waals surface area contributed by atoms with Gasteiger partial charge < -0.3 is 10.2 Å². The van der Waals surface area contributed by atoms with Gasteiger partial charge in [0.1, 0.15) is 0 Å². The van der Waals surface area contributed by atoms with Crippen LogP contribution in [0.3, 0.4) is 0 Å². The van der Waals surface area contributed by atoms with Crippen molar-refractivity contribution in [1.29, 1.82) is 0 Å². The van der Waals surface area contributed by atoms with E-state index in [1.807, 2.05) is 18.0 Å². The van der Waals surface area contributed by atoms with E-state index in [2.05, 4.69) is 10.4 Å². The van der Waals surface area contributed by atoms with Gasteiger partial charge in [-0.3, -0.25) is 4.79 Å². The quantitative estimate of drug-likeness (QED) is 0.847. The highest BCUT2D eigenvalue weighted by atomic mass is 35.5. The maximum atomic E-state index is 12.7. The minimum atomic E-state index is -0.0189. The van der Waals surface area contributed by atoms with E-state index in [0.717, 1.165) is 38.2 Å². The number of carbonyl (C=O) groups is 1. The number of carbonyl (C=O) groups excluding carboxylic acids is 1.